The Balaban J connectivity index is 1.66. The highest BCUT2D eigenvalue weighted by atomic mass is 16.5. The molecule has 1 atom stereocenters. The van der Waals surface area contributed by atoms with Gasteiger partial charge in [-0.15, -0.1) is 0 Å². The van der Waals surface area contributed by atoms with Crippen molar-refractivity contribution >= 4 is 5.91 Å². The lowest BCUT2D eigenvalue weighted by Gasteiger charge is -2.19. The summed E-state index contributed by atoms with van der Waals surface area (Å²) in [5, 5.41) is 3.13. The van der Waals surface area contributed by atoms with Crippen molar-refractivity contribution in [3.05, 3.63) is 59.2 Å². The quantitative estimate of drug-likeness (QED) is 0.744. The van der Waals surface area contributed by atoms with E-state index in [0.717, 1.165) is 18.5 Å². The van der Waals surface area contributed by atoms with Crippen LogP contribution in [0.3, 0.4) is 0 Å². The Labute approximate surface area is 167 Å². The highest BCUT2D eigenvalue weighted by Crippen LogP contribution is 2.31. The molecule has 0 unspecified atom stereocenters. The summed E-state index contributed by atoms with van der Waals surface area (Å²) in [5.74, 6) is 1.29. The zero-order valence-corrected chi connectivity index (χ0v) is 17.0. The first-order chi connectivity index (χ1) is 13.6. The number of nitrogens with one attached hydrogen (secondary N) is 1. The monoisotopic (exact) mass is 382 g/mol. The van der Waals surface area contributed by atoms with Crippen molar-refractivity contribution in [2.75, 3.05) is 27.3 Å². The fraction of sp³-hybridized carbons (Fsp3) is 0.435. The van der Waals surface area contributed by atoms with Crippen molar-refractivity contribution < 1.29 is 14.3 Å². The molecule has 5 heteroatoms. The van der Waals surface area contributed by atoms with Gasteiger partial charge in [-0.05, 0) is 67.7 Å². The molecular weight excluding hydrogens is 352 g/mol. The van der Waals surface area contributed by atoms with Crippen LogP contribution in [0, 0.1) is 0 Å². The smallest absolute Gasteiger partial charge is 0.251 e. The van der Waals surface area contributed by atoms with Crippen molar-refractivity contribution in [2.24, 2.45) is 0 Å². The van der Waals surface area contributed by atoms with Gasteiger partial charge in [0.15, 0.2) is 11.5 Å². The van der Waals surface area contributed by atoms with E-state index >= 15 is 0 Å². The molecule has 3 rings (SSSR count). The molecule has 1 heterocycles. The van der Waals surface area contributed by atoms with Gasteiger partial charge in [0.05, 0.1) is 20.3 Å². The summed E-state index contributed by atoms with van der Waals surface area (Å²) in [4.78, 5) is 15.2. The number of hydrogen-bond donors (Lipinski definition) is 1. The van der Waals surface area contributed by atoms with Crippen molar-refractivity contribution in [1.29, 1.82) is 0 Å². The van der Waals surface area contributed by atoms with E-state index in [1.165, 1.54) is 31.5 Å². The summed E-state index contributed by atoms with van der Waals surface area (Å²) in [7, 11) is 3.23. The lowest BCUT2D eigenvalue weighted by atomic mass is 10.0. The van der Waals surface area contributed by atoms with Crippen LogP contribution in [-0.4, -0.2) is 38.1 Å². The minimum absolute atomic E-state index is 0.0608. The second-order valence-electron chi connectivity index (χ2n) is 7.23. The summed E-state index contributed by atoms with van der Waals surface area (Å²) in [6.45, 7) is 5.36. The Kier molecular flexibility index (Phi) is 6.93. The molecule has 0 bridgehead atoms. The van der Waals surface area contributed by atoms with Gasteiger partial charge in [-0.25, -0.2) is 0 Å². The van der Waals surface area contributed by atoms with Gasteiger partial charge in [0.2, 0.25) is 0 Å². The number of carbonyl (C=O) groups excluding carboxylic acids is 1. The van der Waals surface area contributed by atoms with Gasteiger partial charge in [-0.1, -0.05) is 25.1 Å². The van der Waals surface area contributed by atoms with Gasteiger partial charge in [0, 0.05) is 12.1 Å². The number of ether oxygens (including phenoxy) is 2. The fourth-order valence-corrected chi connectivity index (χ4v) is 3.69. The maximum absolute atomic E-state index is 12.7. The molecule has 0 aromatic heterocycles. The molecule has 1 saturated heterocycles. The number of nitrogens with zero attached hydrogens (tertiary/aromatic N) is 1. The molecule has 0 spiro atoms. The summed E-state index contributed by atoms with van der Waals surface area (Å²) in [5.41, 5.74) is 2.94. The molecule has 0 aliphatic carbocycles. The minimum Gasteiger partial charge on any atom is -0.493 e. The van der Waals surface area contributed by atoms with Crippen molar-refractivity contribution in [3.8, 4) is 11.5 Å². The molecule has 1 N–H and O–H groups in total. The van der Waals surface area contributed by atoms with E-state index in [2.05, 4.69) is 29.3 Å². The van der Waals surface area contributed by atoms with Crippen molar-refractivity contribution in [1.82, 2.24) is 10.2 Å². The number of methoxy groups -OCH3 is 2. The number of benzene rings is 2. The van der Waals surface area contributed by atoms with Crippen LogP contribution in [0.2, 0.25) is 0 Å². The van der Waals surface area contributed by atoms with Gasteiger partial charge in [-0.3, -0.25) is 9.69 Å². The third-order valence-electron chi connectivity index (χ3n) is 5.34. The molecule has 28 heavy (non-hydrogen) atoms. The maximum Gasteiger partial charge on any atom is 0.251 e. The molecule has 2 aromatic rings. The summed E-state index contributed by atoms with van der Waals surface area (Å²) >= 11 is 0. The normalized spacial score (nSPS) is 15.2. The van der Waals surface area contributed by atoms with Gasteiger partial charge < -0.3 is 14.8 Å². The van der Waals surface area contributed by atoms with E-state index in [1.54, 1.807) is 14.2 Å². The van der Waals surface area contributed by atoms with E-state index in [0.29, 0.717) is 17.1 Å². The first-order valence-corrected chi connectivity index (χ1v) is 9.98. The van der Waals surface area contributed by atoms with Gasteiger partial charge >= 0.3 is 0 Å². The van der Waals surface area contributed by atoms with Crippen LogP contribution in [0.25, 0.3) is 0 Å². The van der Waals surface area contributed by atoms with Crippen LogP contribution in [0.4, 0.5) is 0 Å². The highest BCUT2D eigenvalue weighted by Gasteiger charge is 2.17. The molecule has 1 amide bonds. The van der Waals surface area contributed by atoms with E-state index in [1.807, 2.05) is 30.3 Å². The molecule has 0 saturated carbocycles. The van der Waals surface area contributed by atoms with Gasteiger partial charge in [-0.2, -0.15) is 0 Å². The number of amides is 1. The Morgan fingerprint density at radius 2 is 1.71 bits per heavy atom. The van der Waals surface area contributed by atoms with Crippen LogP contribution in [0.5, 0.6) is 11.5 Å². The highest BCUT2D eigenvalue weighted by molar-refractivity contribution is 5.94. The molecular formula is C23H30N2O3. The predicted molar refractivity (Wildman–Crippen MR) is 111 cm³/mol. The van der Waals surface area contributed by atoms with Crippen LogP contribution in [0.15, 0.2) is 42.5 Å². The topological polar surface area (TPSA) is 50.8 Å². The largest absolute Gasteiger partial charge is 0.493 e. The van der Waals surface area contributed by atoms with E-state index in [9.17, 15) is 4.79 Å². The molecule has 5 nitrogen and oxygen atoms in total. The van der Waals surface area contributed by atoms with Crippen molar-refractivity contribution in [2.45, 2.75) is 38.8 Å². The number of carbonyl (C=O) groups is 1. The zero-order valence-electron chi connectivity index (χ0n) is 17.0. The SMILES string of the molecule is CC[C@@H](NC(=O)c1ccc(CN2CCCC2)cc1)c1ccc(OC)c(OC)c1. The Hall–Kier alpha value is -2.53. The average molecular weight is 383 g/mol. The van der Waals surface area contributed by atoms with Crippen LogP contribution < -0.4 is 14.8 Å². The molecule has 1 aliphatic rings. The maximum atomic E-state index is 12.7. The Bertz CT molecular complexity index is 783. The van der Waals surface area contributed by atoms with E-state index in [4.69, 9.17) is 9.47 Å². The van der Waals surface area contributed by atoms with Crippen molar-refractivity contribution in [3.63, 3.8) is 0 Å². The van der Waals surface area contributed by atoms with E-state index < -0.39 is 0 Å². The third kappa shape index (κ3) is 4.84. The van der Waals surface area contributed by atoms with Crippen LogP contribution >= 0.6 is 0 Å². The second kappa shape index (κ2) is 9.60. The lowest BCUT2D eigenvalue weighted by molar-refractivity contribution is 0.0935. The number of rotatable bonds is 8. The average Bonchev–Trinajstić information content (AvgIpc) is 3.24. The standard InChI is InChI=1S/C23H30N2O3/c1-4-20(19-11-12-21(27-2)22(15-19)28-3)24-23(26)18-9-7-17(8-10-18)16-25-13-5-6-14-25/h7-12,15,20H,4-6,13-14,16H2,1-3H3,(H,24,26)/t20-/m1/s1. The summed E-state index contributed by atoms with van der Waals surface area (Å²) in [6.07, 6.45) is 3.36. The third-order valence-corrected chi connectivity index (χ3v) is 5.34. The predicted octanol–water partition coefficient (Wildman–Crippen LogP) is 4.18. The van der Waals surface area contributed by atoms with E-state index in [-0.39, 0.29) is 11.9 Å². The fourth-order valence-electron chi connectivity index (χ4n) is 3.69. The number of likely N-dealkylation sites (tertiary alicyclic amines) is 1. The molecule has 1 aliphatic heterocycles. The first-order valence-electron chi connectivity index (χ1n) is 9.98. The molecule has 0 radical (unpaired) electrons. The summed E-state index contributed by atoms with van der Waals surface area (Å²) < 4.78 is 10.7. The Morgan fingerprint density at radius 1 is 1.04 bits per heavy atom. The first kappa shape index (κ1) is 20.2. The summed E-state index contributed by atoms with van der Waals surface area (Å²) in [6, 6.07) is 13.6. The molecule has 150 valence electrons. The van der Waals surface area contributed by atoms with Crippen LogP contribution in [0.1, 0.15) is 53.7 Å². The van der Waals surface area contributed by atoms with Gasteiger partial charge in [0.25, 0.3) is 5.91 Å². The minimum atomic E-state index is -0.0865. The Morgan fingerprint density at radius 3 is 2.32 bits per heavy atom. The molecule has 1 fully saturated rings. The number of hydrogen-bond acceptors (Lipinski definition) is 4. The van der Waals surface area contributed by atoms with Crippen LogP contribution in [-0.2, 0) is 6.54 Å². The zero-order chi connectivity index (χ0) is 19.9. The molecule has 2 aromatic carbocycles. The van der Waals surface area contributed by atoms with Gasteiger partial charge in [0.1, 0.15) is 0 Å². The second-order valence-corrected chi connectivity index (χ2v) is 7.23. The lowest BCUT2D eigenvalue weighted by Crippen LogP contribution is -2.28.